The molecule has 1 aliphatic rings. The average Bonchev–Trinajstić information content (AvgIpc) is 3.05. The summed E-state index contributed by atoms with van der Waals surface area (Å²) in [5.41, 5.74) is 9.17. The molecule has 2 aromatic rings. The number of nitrogens with zero attached hydrogens (tertiary/aromatic N) is 1. The normalized spacial score (nSPS) is 16.7. The average molecular weight is 244 g/mol. The van der Waals surface area contributed by atoms with E-state index in [1.807, 2.05) is 0 Å². The van der Waals surface area contributed by atoms with Crippen molar-refractivity contribution in [3.8, 4) is 11.1 Å². The highest BCUT2D eigenvalue weighted by molar-refractivity contribution is 5.72. The minimum Gasteiger partial charge on any atom is -0.384 e. The van der Waals surface area contributed by atoms with Crippen LogP contribution in [0, 0.1) is 0 Å². The van der Waals surface area contributed by atoms with Gasteiger partial charge in [0, 0.05) is 12.5 Å². The fraction of sp³-hybridized carbons (Fsp3) is 0.357. The smallest absolute Gasteiger partial charge is 0.229 e. The third-order valence-corrected chi connectivity index (χ3v) is 3.68. The second-order valence-electron chi connectivity index (χ2n) is 4.89. The summed E-state index contributed by atoms with van der Waals surface area (Å²) in [7, 11) is 1.76. The molecule has 94 valence electrons. The largest absolute Gasteiger partial charge is 0.384 e. The molecule has 4 heteroatoms. The summed E-state index contributed by atoms with van der Waals surface area (Å²) in [6.45, 7) is 0.793. The number of hydrogen-bond acceptors (Lipinski definition) is 4. The van der Waals surface area contributed by atoms with Gasteiger partial charge in [-0.05, 0) is 24.0 Å². The lowest BCUT2D eigenvalue weighted by Gasteiger charge is -2.14. The van der Waals surface area contributed by atoms with Crippen LogP contribution in [0.5, 0.6) is 0 Å². The molecule has 1 fully saturated rings. The van der Waals surface area contributed by atoms with Crippen LogP contribution in [-0.2, 0) is 10.2 Å². The summed E-state index contributed by atoms with van der Waals surface area (Å²) < 4.78 is 10.2. The van der Waals surface area contributed by atoms with E-state index < -0.39 is 0 Å². The SMILES string of the molecule is COCC1(c2ccc(-c3cnoc3N)cc2)CC1. The van der Waals surface area contributed by atoms with Crippen LogP contribution in [0.3, 0.4) is 0 Å². The van der Waals surface area contributed by atoms with E-state index in [4.69, 9.17) is 15.0 Å². The second-order valence-corrected chi connectivity index (χ2v) is 4.89. The summed E-state index contributed by atoms with van der Waals surface area (Å²) in [6.07, 6.45) is 4.05. The molecule has 0 spiro atoms. The van der Waals surface area contributed by atoms with E-state index in [2.05, 4.69) is 29.4 Å². The molecule has 0 atom stereocenters. The van der Waals surface area contributed by atoms with Crippen molar-refractivity contribution in [1.82, 2.24) is 5.16 Å². The van der Waals surface area contributed by atoms with E-state index in [9.17, 15) is 0 Å². The topological polar surface area (TPSA) is 61.3 Å². The maximum Gasteiger partial charge on any atom is 0.229 e. The zero-order valence-corrected chi connectivity index (χ0v) is 10.3. The second kappa shape index (κ2) is 4.14. The van der Waals surface area contributed by atoms with Crippen LogP contribution in [0.2, 0.25) is 0 Å². The van der Waals surface area contributed by atoms with Crippen molar-refractivity contribution in [3.05, 3.63) is 36.0 Å². The summed E-state index contributed by atoms with van der Waals surface area (Å²) in [5.74, 6) is 0.362. The Morgan fingerprint density at radius 1 is 1.33 bits per heavy atom. The molecule has 2 N–H and O–H groups in total. The van der Waals surface area contributed by atoms with Crippen molar-refractivity contribution < 1.29 is 9.26 Å². The van der Waals surface area contributed by atoms with E-state index in [-0.39, 0.29) is 5.41 Å². The van der Waals surface area contributed by atoms with Crippen molar-refractivity contribution in [2.24, 2.45) is 0 Å². The van der Waals surface area contributed by atoms with E-state index in [0.717, 1.165) is 17.7 Å². The van der Waals surface area contributed by atoms with Crippen molar-refractivity contribution in [2.75, 3.05) is 19.5 Å². The Morgan fingerprint density at radius 2 is 2.06 bits per heavy atom. The van der Waals surface area contributed by atoms with Crippen molar-refractivity contribution in [3.63, 3.8) is 0 Å². The number of anilines is 1. The Bertz CT molecular complexity index is 541. The Hall–Kier alpha value is -1.81. The number of aromatic nitrogens is 1. The number of benzene rings is 1. The lowest BCUT2D eigenvalue weighted by molar-refractivity contribution is 0.171. The Morgan fingerprint density at radius 3 is 2.56 bits per heavy atom. The van der Waals surface area contributed by atoms with Crippen LogP contribution in [0.1, 0.15) is 18.4 Å². The van der Waals surface area contributed by atoms with E-state index in [1.54, 1.807) is 13.3 Å². The lowest BCUT2D eigenvalue weighted by Crippen LogP contribution is -2.13. The third kappa shape index (κ3) is 1.78. The summed E-state index contributed by atoms with van der Waals surface area (Å²) in [4.78, 5) is 0. The van der Waals surface area contributed by atoms with Gasteiger partial charge in [0.25, 0.3) is 0 Å². The fourth-order valence-electron chi connectivity index (χ4n) is 2.41. The molecule has 0 amide bonds. The highest BCUT2D eigenvalue weighted by Crippen LogP contribution is 2.48. The van der Waals surface area contributed by atoms with Crippen LogP contribution in [0.4, 0.5) is 5.88 Å². The summed E-state index contributed by atoms with van der Waals surface area (Å²) in [5, 5.41) is 3.69. The molecule has 0 unspecified atom stereocenters. The zero-order chi connectivity index (χ0) is 12.6. The Balaban J connectivity index is 1.88. The van der Waals surface area contributed by atoms with Gasteiger partial charge in [0.05, 0.1) is 18.4 Å². The molecule has 0 radical (unpaired) electrons. The molecule has 4 nitrogen and oxygen atoms in total. The molecule has 1 aliphatic carbocycles. The molecule has 18 heavy (non-hydrogen) atoms. The number of ether oxygens (including phenoxy) is 1. The van der Waals surface area contributed by atoms with Gasteiger partial charge in [-0.3, -0.25) is 0 Å². The van der Waals surface area contributed by atoms with Crippen LogP contribution in [0.15, 0.2) is 35.0 Å². The van der Waals surface area contributed by atoms with Crippen LogP contribution in [-0.4, -0.2) is 18.9 Å². The standard InChI is InChI=1S/C14H16N2O2/c1-17-9-14(6-7-14)11-4-2-10(3-5-11)12-8-16-18-13(12)15/h2-5,8H,6-7,9,15H2,1H3. The van der Waals surface area contributed by atoms with E-state index in [1.165, 1.54) is 18.4 Å². The molecule has 0 saturated heterocycles. The molecule has 1 aromatic carbocycles. The maximum atomic E-state index is 5.71. The van der Waals surface area contributed by atoms with E-state index in [0.29, 0.717) is 5.88 Å². The van der Waals surface area contributed by atoms with E-state index >= 15 is 0 Å². The quantitative estimate of drug-likeness (QED) is 0.898. The predicted octanol–water partition coefficient (Wildman–Crippen LogP) is 2.60. The minimum atomic E-state index is 0.244. The van der Waals surface area contributed by atoms with Crippen molar-refractivity contribution in [1.29, 1.82) is 0 Å². The Kier molecular flexibility index (Phi) is 2.59. The number of rotatable bonds is 4. The number of nitrogens with two attached hydrogens (primary N) is 1. The number of hydrogen-bond donors (Lipinski definition) is 1. The highest BCUT2D eigenvalue weighted by atomic mass is 16.5. The summed E-state index contributed by atoms with van der Waals surface area (Å²) in [6, 6.07) is 8.42. The zero-order valence-electron chi connectivity index (χ0n) is 10.3. The van der Waals surface area contributed by atoms with Gasteiger partial charge in [0.2, 0.25) is 5.88 Å². The van der Waals surface area contributed by atoms with Crippen LogP contribution >= 0.6 is 0 Å². The number of methoxy groups -OCH3 is 1. The first-order chi connectivity index (χ1) is 8.75. The first-order valence-electron chi connectivity index (χ1n) is 6.05. The monoisotopic (exact) mass is 244 g/mol. The molecular formula is C14H16N2O2. The van der Waals surface area contributed by atoms with Gasteiger partial charge in [-0.1, -0.05) is 29.4 Å². The van der Waals surface area contributed by atoms with Crippen LogP contribution in [0.25, 0.3) is 11.1 Å². The third-order valence-electron chi connectivity index (χ3n) is 3.68. The number of nitrogen functional groups attached to an aromatic ring is 1. The van der Waals surface area contributed by atoms with Gasteiger partial charge < -0.3 is 15.0 Å². The molecular weight excluding hydrogens is 228 g/mol. The predicted molar refractivity (Wildman–Crippen MR) is 69.1 cm³/mol. The fourth-order valence-corrected chi connectivity index (χ4v) is 2.41. The van der Waals surface area contributed by atoms with Gasteiger partial charge in [-0.25, -0.2) is 0 Å². The maximum absolute atomic E-state index is 5.71. The highest BCUT2D eigenvalue weighted by Gasteiger charge is 2.44. The van der Waals surface area contributed by atoms with Crippen molar-refractivity contribution in [2.45, 2.75) is 18.3 Å². The molecule has 1 aromatic heterocycles. The van der Waals surface area contributed by atoms with Gasteiger partial charge in [0.1, 0.15) is 0 Å². The van der Waals surface area contributed by atoms with Gasteiger partial charge in [-0.2, -0.15) is 0 Å². The first kappa shape index (κ1) is 11.3. The van der Waals surface area contributed by atoms with Gasteiger partial charge in [-0.15, -0.1) is 0 Å². The summed E-state index contributed by atoms with van der Waals surface area (Å²) >= 11 is 0. The molecule has 0 bridgehead atoms. The molecule has 3 rings (SSSR count). The van der Waals surface area contributed by atoms with Gasteiger partial charge >= 0.3 is 0 Å². The van der Waals surface area contributed by atoms with Crippen molar-refractivity contribution >= 4 is 5.88 Å². The molecule has 1 heterocycles. The Labute approximate surface area is 106 Å². The first-order valence-corrected chi connectivity index (χ1v) is 6.05. The van der Waals surface area contributed by atoms with Crippen LogP contribution < -0.4 is 5.73 Å². The lowest BCUT2D eigenvalue weighted by atomic mass is 9.95. The van der Waals surface area contributed by atoms with Gasteiger partial charge in [0.15, 0.2) is 0 Å². The minimum absolute atomic E-state index is 0.244. The molecule has 0 aliphatic heterocycles. The molecule has 1 saturated carbocycles.